The van der Waals surface area contributed by atoms with Crippen LogP contribution in [-0.2, 0) is 9.59 Å². The van der Waals surface area contributed by atoms with Crippen molar-refractivity contribution in [3.05, 3.63) is 47.0 Å². The molecule has 0 saturated heterocycles. The average Bonchev–Trinajstić information content (AvgIpc) is 2.69. The number of ether oxygens (including phenoxy) is 1. The van der Waals surface area contributed by atoms with Gasteiger partial charge in [0.25, 0.3) is 5.91 Å². The van der Waals surface area contributed by atoms with Crippen LogP contribution in [0.5, 0.6) is 17.2 Å². The third-order valence-electron chi connectivity index (χ3n) is 5.11. The van der Waals surface area contributed by atoms with Gasteiger partial charge in [-0.05, 0) is 67.1 Å². The highest BCUT2D eigenvalue weighted by Crippen LogP contribution is 2.33. The number of nitrogens with one attached hydrogen (secondary N) is 2. The molecular formula is C24H31N3O5. The largest absolute Gasteiger partial charge is 0.507 e. The Morgan fingerprint density at radius 2 is 1.53 bits per heavy atom. The number of carbonyl (C=O) groups excluding carboxylic acids is 3. The Balaban J connectivity index is 2.28. The zero-order chi connectivity index (χ0) is 24.2. The minimum atomic E-state index is -1.08. The lowest BCUT2D eigenvalue weighted by atomic mass is 9.93. The van der Waals surface area contributed by atoms with E-state index in [1.807, 2.05) is 27.7 Å². The summed E-state index contributed by atoms with van der Waals surface area (Å²) in [4.78, 5) is 35.3. The van der Waals surface area contributed by atoms with Crippen molar-refractivity contribution in [2.75, 3.05) is 5.32 Å². The van der Waals surface area contributed by atoms with Gasteiger partial charge in [0.05, 0.1) is 5.56 Å². The quantitative estimate of drug-likeness (QED) is 0.487. The highest BCUT2D eigenvalue weighted by Gasteiger charge is 2.22. The van der Waals surface area contributed by atoms with Crippen LogP contribution in [0.1, 0.15) is 49.2 Å². The van der Waals surface area contributed by atoms with Crippen molar-refractivity contribution in [2.45, 2.75) is 47.6 Å². The summed E-state index contributed by atoms with van der Waals surface area (Å²) in [6, 6.07) is 7.72. The Morgan fingerprint density at radius 3 is 2.03 bits per heavy atom. The van der Waals surface area contributed by atoms with E-state index in [2.05, 4.69) is 10.6 Å². The van der Waals surface area contributed by atoms with Gasteiger partial charge in [-0.1, -0.05) is 27.7 Å². The number of carbonyl (C=O) groups is 3. The maximum atomic E-state index is 12.8. The van der Waals surface area contributed by atoms with Crippen molar-refractivity contribution in [2.24, 2.45) is 17.6 Å². The number of aromatic hydroxyl groups is 1. The summed E-state index contributed by atoms with van der Waals surface area (Å²) in [5.74, 6) is -1.13. The summed E-state index contributed by atoms with van der Waals surface area (Å²) in [5, 5.41) is 15.7. The fourth-order valence-corrected chi connectivity index (χ4v) is 3.59. The van der Waals surface area contributed by atoms with Crippen LogP contribution < -0.4 is 21.1 Å². The first kappa shape index (κ1) is 24.7. The number of nitrogens with two attached hydrogens (primary N) is 1. The molecule has 0 radical (unpaired) electrons. The molecule has 2 aromatic rings. The van der Waals surface area contributed by atoms with Crippen LogP contribution in [0.4, 0.5) is 5.69 Å². The second-order valence-corrected chi connectivity index (χ2v) is 8.53. The monoisotopic (exact) mass is 441 g/mol. The van der Waals surface area contributed by atoms with Gasteiger partial charge in [-0.3, -0.25) is 14.4 Å². The number of anilines is 1. The molecule has 2 aromatic carbocycles. The maximum Gasteiger partial charge on any atom is 0.313 e. The van der Waals surface area contributed by atoms with E-state index in [1.54, 1.807) is 32.0 Å². The molecule has 32 heavy (non-hydrogen) atoms. The van der Waals surface area contributed by atoms with Crippen LogP contribution in [0.3, 0.4) is 0 Å². The van der Waals surface area contributed by atoms with Gasteiger partial charge >= 0.3 is 11.8 Å². The summed E-state index contributed by atoms with van der Waals surface area (Å²) in [5.41, 5.74) is 6.90. The zero-order valence-corrected chi connectivity index (χ0v) is 19.3. The van der Waals surface area contributed by atoms with Gasteiger partial charge in [-0.2, -0.15) is 0 Å². The van der Waals surface area contributed by atoms with Gasteiger partial charge in [0, 0.05) is 11.7 Å². The molecular weight excluding hydrogens is 410 g/mol. The number of amides is 3. The SMILES string of the molecule is Cc1cc(NC(=O)C(N)=O)cc(C)c1Oc1ccc(O)c(C(=O)NC(C(C)C)C(C)C)c1. The van der Waals surface area contributed by atoms with Crippen molar-refractivity contribution in [1.82, 2.24) is 5.32 Å². The van der Waals surface area contributed by atoms with Crippen LogP contribution >= 0.6 is 0 Å². The Kier molecular flexibility index (Phi) is 7.86. The van der Waals surface area contributed by atoms with Crippen molar-refractivity contribution in [3.63, 3.8) is 0 Å². The molecule has 0 aliphatic heterocycles. The Bertz CT molecular complexity index is 999. The number of hydrogen-bond donors (Lipinski definition) is 4. The van der Waals surface area contributed by atoms with Crippen molar-refractivity contribution in [1.29, 1.82) is 0 Å². The van der Waals surface area contributed by atoms with Crippen LogP contribution in [0.2, 0.25) is 0 Å². The number of rotatable bonds is 7. The number of hydrogen-bond acceptors (Lipinski definition) is 5. The summed E-state index contributed by atoms with van der Waals surface area (Å²) in [6.45, 7) is 11.7. The molecule has 0 saturated carbocycles. The first-order valence-corrected chi connectivity index (χ1v) is 10.4. The molecule has 5 N–H and O–H groups in total. The predicted molar refractivity (Wildman–Crippen MR) is 123 cm³/mol. The third kappa shape index (κ3) is 6.00. The number of phenols is 1. The summed E-state index contributed by atoms with van der Waals surface area (Å²) < 4.78 is 6.00. The molecule has 0 bridgehead atoms. The van der Waals surface area contributed by atoms with E-state index in [0.29, 0.717) is 28.3 Å². The molecule has 3 amide bonds. The summed E-state index contributed by atoms with van der Waals surface area (Å²) in [7, 11) is 0. The molecule has 2 rings (SSSR count). The maximum absolute atomic E-state index is 12.8. The zero-order valence-electron chi connectivity index (χ0n) is 19.3. The van der Waals surface area contributed by atoms with Gasteiger partial charge in [0.2, 0.25) is 0 Å². The lowest BCUT2D eigenvalue weighted by Crippen LogP contribution is -2.42. The third-order valence-corrected chi connectivity index (χ3v) is 5.11. The molecule has 0 fully saturated rings. The van der Waals surface area contributed by atoms with E-state index in [9.17, 15) is 19.5 Å². The van der Waals surface area contributed by atoms with Gasteiger partial charge in [-0.15, -0.1) is 0 Å². The van der Waals surface area contributed by atoms with Crippen LogP contribution in [0.15, 0.2) is 30.3 Å². The van der Waals surface area contributed by atoms with E-state index in [0.717, 1.165) is 0 Å². The summed E-state index contributed by atoms with van der Waals surface area (Å²) >= 11 is 0. The fraction of sp³-hybridized carbons (Fsp3) is 0.375. The number of benzene rings is 2. The second-order valence-electron chi connectivity index (χ2n) is 8.53. The van der Waals surface area contributed by atoms with Crippen LogP contribution in [0.25, 0.3) is 0 Å². The van der Waals surface area contributed by atoms with Gasteiger partial charge < -0.3 is 26.2 Å². The van der Waals surface area contributed by atoms with E-state index in [-0.39, 0.29) is 35.1 Å². The molecule has 0 heterocycles. The highest BCUT2D eigenvalue weighted by molar-refractivity contribution is 6.39. The van der Waals surface area contributed by atoms with Crippen molar-refractivity contribution < 1.29 is 24.2 Å². The number of aryl methyl sites for hydroxylation is 2. The van der Waals surface area contributed by atoms with E-state index >= 15 is 0 Å². The van der Waals surface area contributed by atoms with E-state index in [4.69, 9.17) is 10.5 Å². The molecule has 0 unspecified atom stereocenters. The Hall–Kier alpha value is -3.55. The van der Waals surface area contributed by atoms with Crippen molar-refractivity contribution >= 4 is 23.4 Å². The van der Waals surface area contributed by atoms with Crippen LogP contribution in [-0.4, -0.2) is 28.9 Å². The van der Waals surface area contributed by atoms with E-state index < -0.39 is 11.8 Å². The second kappa shape index (κ2) is 10.2. The topological polar surface area (TPSA) is 131 Å². The van der Waals surface area contributed by atoms with Gasteiger partial charge in [0.1, 0.15) is 17.2 Å². The Labute approximate surface area is 188 Å². The minimum Gasteiger partial charge on any atom is -0.507 e. The minimum absolute atomic E-state index is 0.0425. The lowest BCUT2D eigenvalue weighted by molar-refractivity contribution is -0.134. The molecule has 172 valence electrons. The van der Waals surface area contributed by atoms with Gasteiger partial charge in [0.15, 0.2) is 0 Å². The fourth-order valence-electron chi connectivity index (χ4n) is 3.59. The molecule has 0 aliphatic rings. The normalized spacial score (nSPS) is 11.0. The first-order valence-electron chi connectivity index (χ1n) is 10.4. The number of primary amides is 1. The smallest absolute Gasteiger partial charge is 0.313 e. The molecule has 0 atom stereocenters. The van der Waals surface area contributed by atoms with Gasteiger partial charge in [-0.25, -0.2) is 0 Å². The molecule has 8 heteroatoms. The Morgan fingerprint density at radius 1 is 0.969 bits per heavy atom. The standard InChI is InChI=1S/C24H31N3O5/c1-12(2)20(13(3)4)27-23(30)18-11-17(7-8-19(18)28)32-21-14(5)9-16(10-15(21)6)26-24(31)22(25)29/h7-13,20,28H,1-6H3,(H2,25,29)(H,26,31)(H,27,30). The highest BCUT2D eigenvalue weighted by atomic mass is 16.5. The lowest BCUT2D eigenvalue weighted by Gasteiger charge is -2.26. The van der Waals surface area contributed by atoms with E-state index in [1.165, 1.54) is 12.1 Å². The predicted octanol–water partition coefficient (Wildman–Crippen LogP) is 3.64. The molecule has 0 aromatic heterocycles. The molecule has 0 aliphatic carbocycles. The van der Waals surface area contributed by atoms with Crippen molar-refractivity contribution in [3.8, 4) is 17.2 Å². The molecule has 0 spiro atoms. The van der Waals surface area contributed by atoms with Crippen LogP contribution in [0, 0.1) is 25.7 Å². The number of phenolic OH excluding ortho intramolecular Hbond substituents is 1. The first-order chi connectivity index (χ1) is 14.9. The average molecular weight is 442 g/mol. The summed E-state index contributed by atoms with van der Waals surface area (Å²) in [6.07, 6.45) is 0. The molecule has 8 nitrogen and oxygen atoms in total.